The number of piperidine rings is 1. The number of ether oxygens (including phenoxy) is 1. The van der Waals surface area contributed by atoms with Crippen LogP contribution in [0.15, 0.2) is 36.7 Å². The number of pyridine rings is 1. The van der Waals surface area contributed by atoms with E-state index in [1.807, 2.05) is 38.1 Å². The average molecular weight is 382 g/mol. The minimum absolute atomic E-state index is 0.231. The number of carbonyl (C=O) groups excluding carboxylic acids is 1. The van der Waals surface area contributed by atoms with E-state index in [0.717, 1.165) is 24.9 Å². The summed E-state index contributed by atoms with van der Waals surface area (Å²) in [7, 11) is 0. The highest BCUT2D eigenvalue weighted by molar-refractivity contribution is 5.70. The van der Waals surface area contributed by atoms with Crippen LogP contribution in [0.5, 0.6) is 0 Å². The van der Waals surface area contributed by atoms with E-state index in [4.69, 9.17) is 10.5 Å². The van der Waals surface area contributed by atoms with Crippen LogP contribution in [0.3, 0.4) is 0 Å². The molecule has 1 aromatic carbocycles. The van der Waals surface area contributed by atoms with Crippen molar-refractivity contribution < 1.29 is 9.53 Å². The molecule has 1 fully saturated rings. The van der Waals surface area contributed by atoms with Gasteiger partial charge in [0.1, 0.15) is 5.60 Å². The molecule has 5 heteroatoms. The molecule has 0 saturated carbocycles. The first-order valence-electron chi connectivity index (χ1n) is 10.0. The Hall–Kier alpha value is -2.40. The zero-order valence-corrected chi connectivity index (χ0v) is 17.4. The van der Waals surface area contributed by atoms with E-state index in [9.17, 15) is 4.79 Å². The SMILES string of the molecule is Cc1cc(-c2ccncc2C2CCCN(C(=O)OC(C)(C)C)C2)ccc1CN. The van der Waals surface area contributed by atoms with Gasteiger partial charge in [-0.3, -0.25) is 4.98 Å². The van der Waals surface area contributed by atoms with Crippen LogP contribution in [-0.2, 0) is 11.3 Å². The first-order valence-corrected chi connectivity index (χ1v) is 10.0. The van der Waals surface area contributed by atoms with Crippen molar-refractivity contribution in [3.63, 3.8) is 0 Å². The minimum atomic E-state index is -0.480. The lowest BCUT2D eigenvalue weighted by Crippen LogP contribution is -2.42. The van der Waals surface area contributed by atoms with Crippen molar-refractivity contribution in [2.75, 3.05) is 13.1 Å². The molecule has 2 N–H and O–H groups in total. The molecular weight excluding hydrogens is 350 g/mol. The first-order chi connectivity index (χ1) is 13.3. The predicted octanol–water partition coefficient (Wildman–Crippen LogP) is 4.63. The van der Waals surface area contributed by atoms with Crippen LogP contribution >= 0.6 is 0 Å². The number of nitrogens with zero attached hydrogens (tertiary/aromatic N) is 2. The number of nitrogens with two attached hydrogens (primary N) is 1. The third-order valence-corrected chi connectivity index (χ3v) is 5.24. The van der Waals surface area contributed by atoms with Crippen LogP contribution in [-0.4, -0.2) is 34.7 Å². The monoisotopic (exact) mass is 381 g/mol. The lowest BCUT2D eigenvalue weighted by molar-refractivity contribution is 0.0198. The van der Waals surface area contributed by atoms with Crippen molar-refractivity contribution in [2.45, 2.75) is 58.6 Å². The van der Waals surface area contributed by atoms with Crippen LogP contribution in [0.25, 0.3) is 11.1 Å². The van der Waals surface area contributed by atoms with Gasteiger partial charge in [-0.25, -0.2) is 4.79 Å². The van der Waals surface area contributed by atoms with Crippen molar-refractivity contribution in [1.29, 1.82) is 0 Å². The highest BCUT2D eigenvalue weighted by Gasteiger charge is 2.29. The maximum Gasteiger partial charge on any atom is 0.410 e. The van der Waals surface area contributed by atoms with Gasteiger partial charge >= 0.3 is 6.09 Å². The van der Waals surface area contributed by atoms with Gasteiger partial charge in [-0.2, -0.15) is 0 Å². The number of hydrogen-bond acceptors (Lipinski definition) is 4. The van der Waals surface area contributed by atoms with Crippen LogP contribution in [0.1, 0.15) is 56.2 Å². The molecule has 1 atom stereocenters. The number of hydrogen-bond donors (Lipinski definition) is 1. The summed E-state index contributed by atoms with van der Waals surface area (Å²) >= 11 is 0. The molecule has 0 aliphatic carbocycles. The van der Waals surface area contributed by atoms with Crippen molar-refractivity contribution in [3.05, 3.63) is 53.3 Å². The molecule has 1 aromatic heterocycles. The van der Waals surface area contributed by atoms with E-state index in [2.05, 4.69) is 36.2 Å². The second-order valence-electron chi connectivity index (χ2n) is 8.57. The zero-order valence-electron chi connectivity index (χ0n) is 17.4. The van der Waals surface area contributed by atoms with E-state index in [1.54, 1.807) is 0 Å². The van der Waals surface area contributed by atoms with E-state index in [-0.39, 0.29) is 12.0 Å². The van der Waals surface area contributed by atoms with Crippen LogP contribution in [0, 0.1) is 6.92 Å². The second-order valence-corrected chi connectivity index (χ2v) is 8.57. The molecule has 0 spiro atoms. The normalized spacial score (nSPS) is 17.5. The Labute approximate surface area is 167 Å². The molecule has 1 aliphatic heterocycles. The van der Waals surface area contributed by atoms with Gasteiger partial charge in [0.25, 0.3) is 0 Å². The predicted molar refractivity (Wildman–Crippen MR) is 112 cm³/mol. The lowest BCUT2D eigenvalue weighted by Gasteiger charge is -2.34. The summed E-state index contributed by atoms with van der Waals surface area (Å²) in [5.74, 6) is 0.249. The quantitative estimate of drug-likeness (QED) is 0.841. The molecule has 1 saturated heterocycles. The maximum atomic E-state index is 12.5. The van der Waals surface area contributed by atoms with Crippen molar-refractivity contribution in [2.24, 2.45) is 5.73 Å². The summed E-state index contributed by atoms with van der Waals surface area (Å²) in [6.45, 7) is 9.75. The molecule has 2 aromatic rings. The molecule has 1 aliphatic rings. The Morgan fingerprint density at radius 1 is 1.32 bits per heavy atom. The summed E-state index contributed by atoms with van der Waals surface area (Å²) in [4.78, 5) is 18.7. The molecule has 28 heavy (non-hydrogen) atoms. The van der Waals surface area contributed by atoms with Crippen molar-refractivity contribution in [1.82, 2.24) is 9.88 Å². The standard InChI is InChI=1S/C23H31N3O2/c1-16-12-17(7-8-18(16)13-24)20-9-10-25-14-21(20)19-6-5-11-26(15-19)22(27)28-23(2,3)4/h7-10,12,14,19H,5-6,11,13,15,24H2,1-4H3. The van der Waals surface area contributed by atoms with Crippen LogP contribution < -0.4 is 5.73 Å². The van der Waals surface area contributed by atoms with Crippen LogP contribution in [0.4, 0.5) is 4.79 Å². The lowest BCUT2D eigenvalue weighted by atomic mass is 9.86. The maximum absolute atomic E-state index is 12.5. The number of amides is 1. The van der Waals surface area contributed by atoms with Gasteiger partial charge in [-0.05, 0) is 74.4 Å². The van der Waals surface area contributed by atoms with Gasteiger partial charge in [0.05, 0.1) is 0 Å². The number of aryl methyl sites for hydroxylation is 1. The largest absolute Gasteiger partial charge is 0.444 e. The van der Waals surface area contributed by atoms with Gasteiger partial charge in [0, 0.05) is 37.9 Å². The van der Waals surface area contributed by atoms with Gasteiger partial charge in [-0.15, -0.1) is 0 Å². The smallest absolute Gasteiger partial charge is 0.410 e. The fourth-order valence-electron chi connectivity index (χ4n) is 3.81. The molecule has 3 rings (SSSR count). The average Bonchev–Trinajstić information content (AvgIpc) is 2.67. The molecule has 1 amide bonds. The fraction of sp³-hybridized carbons (Fsp3) is 0.478. The third-order valence-electron chi connectivity index (χ3n) is 5.24. The Morgan fingerprint density at radius 2 is 2.11 bits per heavy atom. The number of carbonyl (C=O) groups is 1. The Morgan fingerprint density at radius 3 is 2.79 bits per heavy atom. The summed E-state index contributed by atoms with van der Waals surface area (Å²) in [5, 5.41) is 0. The highest BCUT2D eigenvalue weighted by Crippen LogP contribution is 2.35. The molecular formula is C23H31N3O2. The number of aromatic nitrogens is 1. The fourth-order valence-corrected chi connectivity index (χ4v) is 3.81. The topological polar surface area (TPSA) is 68.5 Å². The molecule has 5 nitrogen and oxygen atoms in total. The minimum Gasteiger partial charge on any atom is -0.444 e. The number of benzene rings is 1. The first kappa shape index (κ1) is 20.3. The molecule has 0 bridgehead atoms. The summed E-state index contributed by atoms with van der Waals surface area (Å²) in [6.07, 6.45) is 5.55. The Balaban J connectivity index is 1.86. The zero-order chi connectivity index (χ0) is 20.3. The van der Waals surface area contributed by atoms with Crippen molar-refractivity contribution in [3.8, 4) is 11.1 Å². The summed E-state index contributed by atoms with van der Waals surface area (Å²) in [6, 6.07) is 8.49. The second kappa shape index (κ2) is 8.31. The Bertz CT molecular complexity index is 842. The Kier molecular flexibility index (Phi) is 6.04. The van der Waals surface area contributed by atoms with E-state index < -0.39 is 5.60 Å². The molecule has 0 radical (unpaired) electrons. The highest BCUT2D eigenvalue weighted by atomic mass is 16.6. The van der Waals surface area contributed by atoms with E-state index >= 15 is 0 Å². The molecule has 2 heterocycles. The summed E-state index contributed by atoms with van der Waals surface area (Å²) < 4.78 is 5.58. The van der Waals surface area contributed by atoms with E-state index in [1.165, 1.54) is 22.3 Å². The number of rotatable bonds is 3. The van der Waals surface area contributed by atoms with Crippen molar-refractivity contribution >= 4 is 6.09 Å². The molecule has 150 valence electrons. The molecule has 1 unspecified atom stereocenters. The van der Waals surface area contributed by atoms with Gasteiger partial charge < -0.3 is 15.4 Å². The van der Waals surface area contributed by atoms with Gasteiger partial charge in [-0.1, -0.05) is 18.2 Å². The van der Waals surface area contributed by atoms with Gasteiger partial charge in [0.15, 0.2) is 0 Å². The van der Waals surface area contributed by atoms with Crippen LogP contribution in [0.2, 0.25) is 0 Å². The van der Waals surface area contributed by atoms with Gasteiger partial charge in [0.2, 0.25) is 0 Å². The third kappa shape index (κ3) is 4.71. The summed E-state index contributed by atoms with van der Waals surface area (Å²) in [5.41, 5.74) is 11.2. The number of likely N-dealkylation sites (tertiary alicyclic amines) is 1. The van der Waals surface area contributed by atoms with E-state index in [0.29, 0.717) is 13.1 Å².